The van der Waals surface area contributed by atoms with Crippen molar-refractivity contribution in [2.45, 2.75) is 51.5 Å². The molecule has 1 aliphatic heterocycles. The zero-order chi connectivity index (χ0) is 17.5. The van der Waals surface area contributed by atoms with Gasteiger partial charge < -0.3 is 4.90 Å². The highest BCUT2D eigenvalue weighted by Crippen LogP contribution is 2.37. The average molecular weight is 349 g/mol. The van der Waals surface area contributed by atoms with Crippen molar-refractivity contribution < 1.29 is 0 Å². The van der Waals surface area contributed by atoms with Gasteiger partial charge in [0.2, 0.25) is 0 Å². The van der Waals surface area contributed by atoms with Gasteiger partial charge >= 0.3 is 0 Å². The lowest BCUT2D eigenvalue weighted by molar-refractivity contribution is 0.666. The van der Waals surface area contributed by atoms with Gasteiger partial charge in [-0.2, -0.15) is 10.2 Å². The van der Waals surface area contributed by atoms with E-state index in [9.17, 15) is 0 Å². The summed E-state index contributed by atoms with van der Waals surface area (Å²) in [6.45, 7) is 3.74. The van der Waals surface area contributed by atoms with Gasteiger partial charge in [-0.15, -0.1) is 0 Å². The van der Waals surface area contributed by atoms with E-state index in [1.807, 2.05) is 25.3 Å². The van der Waals surface area contributed by atoms with Crippen molar-refractivity contribution >= 4 is 5.82 Å². The predicted octanol–water partition coefficient (Wildman–Crippen LogP) is 2.91. The maximum Gasteiger partial charge on any atom is 0.159 e. The first-order valence-corrected chi connectivity index (χ1v) is 9.44. The molecule has 7 nitrogen and oxygen atoms in total. The van der Waals surface area contributed by atoms with Crippen molar-refractivity contribution in [2.75, 3.05) is 11.4 Å². The maximum absolute atomic E-state index is 4.69. The fourth-order valence-electron chi connectivity index (χ4n) is 4.27. The number of H-pyrrole nitrogens is 1. The SMILES string of the molecule is Cc1nc(N2CCc3[nH]nc(C4CCCC4)c3C2)cc(-n2cccn2)n1. The van der Waals surface area contributed by atoms with Gasteiger partial charge in [0.1, 0.15) is 11.6 Å². The van der Waals surface area contributed by atoms with Crippen molar-refractivity contribution in [1.82, 2.24) is 29.9 Å². The second-order valence-corrected chi connectivity index (χ2v) is 7.30. The third-order valence-corrected chi connectivity index (χ3v) is 5.58. The quantitative estimate of drug-likeness (QED) is 0.787. The number of aromatic nitrogens is 6. The van der Waals surface area contributed by atoms with Crippen molar-refractivity contribution in [3.8, 4) is 5.82 Å². The largest absolute Gasteiger partial charge is 0.352 e. The van der Waals surface area contributed by atoms with E-state index in [0.29, 0.717) is 5.92 Å². The molecule has 0 spiro atoms. The summed E-state index contributed by atoms with van der Waals surface area (Å²) in [6, 6.07) is 3.93. The summed E-state index contributed by atoms with van der Waals surface area (Å²) in [7, 11) is 0. The average Bonchev–Trinajstić information content (AvgIpc) is 3.40. The predicted molar refractivity (Wildman–Crippen MR) is 98.4 cm³/mol. The van der Waals surface area contributed by atoms with Crippen molar-refractivity contribution in [1.29, 1.82) is 0 Å². The van der Waals surface area contributed by atoms with Gasteiger partial charge in [0.25, 0.3) is 0 Å². The van der Waals surface area contributed by atoms with E-state index in [4.69, 9.17) is 4.98 Å². The zero-order valence-corrected chi connectivity index (χ0v) is 15.0. The molecule has 1 N–H and O–H groups in total. The van der Waals surface area contributed by atoms with Gasteiger partial charge in [-0.05, 0) is 25.8 Å². The molecule has 7 heteroatoms. The molecule has 0 aromatic carbocycles. The first-order valence-electron chi connectivity index (χ1n) is 9.44. The molecular formula is C19H23N7. The lowest BCUT2D eigenvalue weighted by atomic mass is 9.96. The topological polar surface area (TPSA) is 75.5 Å². The summed E-state index contributed by atoms with van der Waals surface area (Å²) in [6.07, 6.45) is 9.86. The number of rotatable bonds is 3. The molecule has 1 saturated carbocycles. The lowest BCUT2D eigenvalue weighted by Crippen LogP contribution is -2.31. The van der Waals surface area contributed by atoms with Crippen LogP contribution in [0.4, 0.5) is 5.82 Å². The fraction of sp³-hybridized carbons (Fsp3) is 0.474. The Hall–Kier alpha value is -2.70. The number of nitrogens with one attached hydrogen (secondary N) is 1. The smallest absolute Gasteiger partial charge is 0.159 e. The summed E-state index contributed by atoms with van der Waals surface area (Å²) in [5.41, 5.74) is 3.99. The van der Waals surface area contributed by atoms with Crippen LogP contribution in [0.25, 0.3) is 5.82 Å². The van der Waals surface area contributed by atoms with Gasteiger partial charge in [0.05, 0.1) is 5.69 Å². The number of aryl methyl sites for hydroxylation is 1. The summed E-state index contributed by atoms with van der Waals surface area (Å²) in [5.74, 6) is 3.17. The van der Waals surface area contributed by atoms with Crippen LogP contribution in [-0.2, 0) is 13.0 Å². The van der Waals surface area contributed by atoms with Crippen LogP contribution < -0.4 is 4.90 Å². The Morgan fingerprint density at radius 2 is 2.00 bits per heavy atom. The molecule has 134 valence electrons. The minimum Gasteiger partial charge on any atom is -0.352 e. The third-order valence-electron chi connectivity index (χ3n) is 5.58. The van der Waals surface area contributed by atoms with Gasteiger partial charge in [-0.1, -0.05) is 12.8 Å². The number of hydrogen-bond acceptors (Lipinski definition) is 5. The highest BCUT2D eigenvalue weighted by Gasteiger charge is 2.28. The van der Waals surface area contributed by atoms with E-state index >= 15 is 0 Å². The second-order valence-electron chi connectivity index (χ2n) is 7.30. The van der Waals surface area contributed by atoms with E-state index in [0.717, 1.165) is 37.0 Å². The minimum absolute atomic E-state index is 0.627. The summed E-state index contributed by atoms with van der Waals surface area (Å²) in [5, 5.41) is 12.3. The van der Waals surface area contributed by atoms with Crippen LogP contribution in [0.2, 0.25) is 0 Å². The molecule has 4 heterocycles. The normalized spacial score (nSPS) is 17.7. The van der Waals surface area contributed by atoms with Crippen LogP contribution in [0.3, 0.4) is 0 Å². The molecule has 0 radical (unpaired) electrons. The van der Waals surface area contributed by atoms with E-state index in [2.05, 4.69) is 25.2 Å². The van der Waals surface area contributed by atoms with Gasteiger partial charge in [0.15, 0.2) is 5.82 Å². The first-order chi connectivity index (χ1) is 12.8. The Kier molecular flexibility index (Phi) is 3.72. The molecule has 2 aliphatic rings. The van der Waals surface area contributed by atoms with Crippen LogP contribution in [0.1, 0.15) is 54.4 Å². The Balaban J connectivity index is 1.47. The van der Waals surface area contributed by atoms with Gasteiger partial charge in [0, 0.05) is 55.1 Å². The number of nitrogens with zero attached hydrogens (tertiary/aromatic N) is 6. The summed E-state index contributed by atoms with van der Waals surface area (Å²) >= 11 is 0. The van der Waals surface area contributed by atoms with Gasteiger partial charge in [-0.25, -0.2) is 14.6 Å². The Morgan fingerprint density at radius 1 is 1.15 bits per heavy atom. The number of fused-ring (bicyclic) bond motifs is 1. The van der Waals surface area contributed by atoms with Crippen LogP contribution >= 0.6 is 0 Å². The molecule has 0 unspecified atom stereocenters. The second kappa shape index (κ2) is 6.23. The molecule has 5 rings (SSSR count). The highest BCUT2D eigenvalue weighted by atomic mass is 15.3. The van der Waals surface area contributed by atoms with E-state index in [1.165, 1.54) is 42.6 Å². The standard InChI is InChI=1S/C19H23N7/c1-13-21-17(11-18(22-13)26-9-4-8-20-26)25-10-7-16-15(12-25)19(24-23-16)14-5-2-3-6-14/h4,8-9,11,14H,2-3,5-7,10,12H2,1H3,(H,23,24). The molecule has 1 fully saturated rings. The summed E-state index contributed by atoms with van der Waals surface area (Å²) < 4.78 is 1.79. The van der Waals surface area contributed by atoms with Crippen LogP contribution in [-0.4, -0.2) is 36.5 Å². The molecule has 0 bridgehead atoms. The van der Waals surface area contributed by atoms with Crippen LogP contribution in [0.15, 0.2) is 24.5 Å². The van der Waals surface area contributed by atoms with E-state index in [-0.39, 0.29) is 0 Å². The molecule has 0 saturated heterocycles. The number of aromatic amines is 1. The van der Waals surface area contributed by atoms with Crippen molar-refractivity contribution in [3.63, 3.8) is 0 Å². The van der Waals surface area contributed by atoms with Gasteiger partial charge in [-0.3, -0.25) is 5.10 Å². The van der Waals surface area contributed by atoms with Crippen molar-refractivity contribution in [3.05, 3.63) is 47.3 Å². The Labute approximate surface area is 152 Å². The molecule has 3 aromatic rings. The molecule has 0 amide bonds. The summed E-state index contributed by atoms with van der Waals surface area (Å²) in [4.78, 5) is 11.6. The van der Waals surface area contributed by atoms with Crippen LogP contribution in [0, 0.1) is 6.92 Å². The minimum atomic E-state index is 0.627. The maximum atomic E-state index is 4.69. The van der Waals surface area contributed by atoms with E-state index in [1.54, 1.807) is 10.9 Å². The molecule has 3 aromatic heterocycles. The Morgan fingerprint density at radius 3 is 2.81 bits per heavy atom. The molecular weight excluding hydrogens is 326 g/mol. The lowest BCUT2D eigenvalue weighted by Gasteiger charge is -2.29. The highest BCUT2D eigenvalue weighted by molar-refractivity contribution is 5.48. The van der Waals surface area contributed by atoms with Crippen LogP contribution in [0.5, 0.6) is 0 Å². The molecule has 1 aliphatic carbocycles. The Bertz CT molecular complexity index is 906. The third kappa shape index (κ3) is 2.67. The first kappa shape index (κ1) is 15.5. The monoisotopic (exact) mass is 349 g/mol. The van der Waals surface area contributed by atoms with Crippen molar-refractivity contribution in [2.24, 2.45) is 0 Å². The number of hydrogen-bond donors (Lipinski definition) is 1. The molecule has 26 heavy (non-hydrogen) atoms. The zero-order valence-electron chi connectivity index (χ0n) is 15.0. The molecule has 0 atom stereocenters. The fourth-order valence-corrected chi connectivity index (χ4v) is 4.27. The van der Waals surface area contributed by atoms with E-state index < -0.39 is 0 Å². The number of anilines is 1.